The van der Waals surface area contributed by atoms with Crippen LogP contribution >= 0.6 is 0 Å². The van der Waals surface area contributed by atoms with E-state index >= 15 is 0 Å². The molecule has 114 valence electrons. The van der Waals surface area contributed by atoms with Crippen LogP contribution in [0.5, 0.6) is 0 Å². The highest BCUT2D eigenvalue weighted by Crippen LogP contribution is 2.17. The van der Waals surface area contributed by atoms with Crippen LogP contribution in [0, 0.1) is 5.92 Å². The van der Waals surface area contributed by atoms with Crippen molar-refractivity contribution >= 4 is 11.8 Å². The largest absolute Gasteiger partial charge is 0.352 e. The molecule has 1 fully saturated rings. The van der Waals surface area contributed by atoms with Gasteiger partial charge in [-0.3, -0.25) is 9.59 Å². The molecular weight excluding hydrogens is 266 g/mol. The Morgan fingerprint density at radius 3 is 2.71 bits per heavy atom. The summed E-state index contributed by atoms with van der Waals surface area (Å²) in [6.45, 7) is 4.07. The van der Waals surface area contributed by atoms with Crippen LogP contribution in [0.25, 0.3) is 0 Å². The van der Waals surface area contributed by atoms with E-state index in [-0.39, 0.29) is 17.7 Å². The Labute approximate surface area is 125 Å². The summed E-state index contributed by atoms with van der Waals surface area (Å²) >= 11 is 0. The van der Waals surface area contributed by atoms with E-state index in [2.05, 4.69) is 5.32 Å². The molecular formula is C16H23N3O2. The predicted octanol–water partition coefficient (Wildman–Crippen LogP) is 1.02. The van der Waals surface area contributed by atoms with Gasteiger partial charge >= 0.3 is 0 Å². The first-order valence-corrected chi connectivity index (χ1v) is 7.44. The third-order valence-electron chi connectivity index (χ3n) is 3.91. The highest BCUT2D eigenvalue weighted by atomic mass is 16.2. The van der Waals surface area contributed by atoms with Gasteiger partial charge < -0.3 is 16.0 Å². The van der Waals surface area contributed by atoms with Crippen LogP contribution in [0.2, 0.25) is 0 Å². The summed E-state index contributed by atoms with van der Waals surface area (Å²) < 4.78 is 0. The molecule has 1 aromatic rings. The number of rotatable bonds is 6. The van der Waals surface area contributed by atoms with Crippen molar-refractivity contribution in [1.29, 1.82) is 0 Å². The molecule has 3 N–H and O–H groups in total. The van der Waals surface area contributed by atoms with E-state index in [4.69, 9.17) is 5.73 Å². The van der Waals surface area contributed by atoms with E-state index in [1.807, 2.05) is 36.1 Å². The molecule has 0 saturated carbocycles. The highest BCUT2D eigenvalue weighted by molar-refractivity contribution is 5.79. The lowest BCUT2D eigenvalue weighted by atomic mass is 10.1. The maximum absolute atomic E-state index is 11.8. The number of nitrogens with zero attached hydrogens (tertiary/aromatic N) is 1. The van der Waals surface area contributed by atoms with Crippen molar-refractivity contribution in [3.05, 3.63) is 35.4 Å². The van der Waals surface area contributed by atoms with Crippen LogP contribution in [0.3, 0.4) is 0 Å². The molecule has 1 aromatic carbocycles. The van der Waals surface area contributed by atoms with Crippen molar-refractivity contribution in [2.45, 2.75) is 32.9 Å². The summed E-state index contributed by atoms with van der Waals surface area (Å²) in [7, 11) is 0. The second kappa shape index (κ2) is 7.22. The number of likely N-dealkylation sites (tertiary alicyclic amines) is 1. The molecule has 0 aliphatic carbocycles. The Morgan fingerprint density at radius 2 is 2.10 bits per heavy atom. The van der Waals surface area contributed by atoms with Gasteiger partial charge in [0, 0.05) is 38.5 Å². The molecule has 1 aliphatic heterocycles. The number of hydrogen-bond donors (Lipinski definition) is 2. The maximum atomic E-state index is 11.8. The van der Waals surface area contributed by atoms with Gasteiger partial charge in [-0.15, -0.1) is 0 Å². The first-order valence-electron chi connectivity index (χ1n) is 7.44. The van der Waals surface area contributed by atoms with E-state index in [9.17, 15) is 9.59 Å². The molecule has 1 atom stereocenters. The molecule has 21 heavy (non-hydrogen) atoms. The first-order chi connectivity index (χ1) is 10.1. The monoisotopic (exact) mass is 289 g/mol. The molecule has 0 bridgehead atoms. The van der Waals surface area contributed by atoms with Crippen LogP contribution in [-0.2, 0) is 22.7 Å². The molecule has 0 spiro atoms. The minimum absolute atomic E-state index is 0.0375. The average Bonchev–Trinajstić information content (AvgIpc) is 2.90. The Kier molecular flexibility index (Phi) is 5.33. The number of carbonyl (C=O) groups is 2. The van der Waals surface area contributed by atoms with Crippen molar-refractivity contribution < 1.29 is 9.59 Å². The second-order valence-corrected chi connectivity index (χ2v) is 5.54. The number of hydrogen-bond acceptors (Lipinski definition) is 3. The molecule has 1 unspecified atom stereocenters. The van der Waals surface area contributed by atoms with Gasteiger partial charge in [-0.25, -0.2) is 0 Å². The van der Waals surface area contributed by atoms with E-state index < -0.39 is 0 Å². The zero-order chi connectivity index (χ0) is 15.2. The Balaban J connectivity index is 1.99. The van der Waals surface area contributed by atoms with Gasteiger partial charge in [0.1, 0.15) is 0 Å². The van der Waals surface area contributed by atoms with Crippen molar-refractivity contribution in [2.24, 2.45) is 11.7 Å². The van der Waals surface area contributed by atoms with Crippen LogP contribution in [0.4, 0.5) is 0 Å². The first kappa shape index (κ1) is 15.5. The van der Waals surface area contributed by atoms with Crippen LogP contribution in [0.15, 0.2) is 24.3 Å². The summed E-state index contributed by atoms with van der Waals surface area (Å²) in [5, 5.41) is 2.90. The Bertz CT molecular complexity index is 516. The quantitative estimate of drug-likeness (QED) is 0.821. The molecule has 5 heteroatoms. The predicted molar refractivity (Wildman–Crippen MR) is 81.2 cm³/mol. The van der Waals surface area contributed by atoms with Crippen LogP contribution < -0.4 is 11.1 Å². The lowest BCUT2D eigenvalue weighted by molar-refractivity contribution is -0.128. The lowest BCUT2D eigenvalue weighted by Gasteiger charge is -2.18. The third kappa shape index (κ3) is 4.04. The zero-order valence-electron chi connectivity index (χ0n) is 12.5. The maximum Gasteiger partial charge on any atom is 0.224 e. The molecule has 2 rings (SSSR count). The van der Waals surface area contributed by atoms with Crippen molar-refractivity contribution in [3.8, 4) is 0 Å². The van der Waals surface area contributed by atoms with Crippen molar-refractivity contribution in [2.75, 3.05) is 13.1 Å². The summed E-state index contributed by atoms with van der Waals surface area (Å²) in [6.07, 6.45) is 1.58. The average molecular weight is 289 g/mol. The van der Waals surface area contributed by atoms with E-state index in [1.54, 1.807) is 0 Å². The number of amides is 2. The third-order valence-corrected chi connectivity index (χ3v) is 3.91. The van der Waals surface area contributed by atoms with Crippen LogP contribution in [-0.4, -0.2) is 29.8 Å². The molecule has 1 aliphatic rings. The second-order valence-electron chi connectivity index (χ2n) is 5.54. The number of carbonyl (C=O) groups excluding carboxylic acids is 2. The molecule has 2 amide bonds. The minimum Gasteiger partial charge on any atom is -0.352 e. The van der Waals surface area contributed by atoms with E-state index in [0.29, 0.717) is 26.1 Å². The molecule has 1 heterocycles. The standard InChI is InChI=1S/C16H23N3O2/c1-12(9-17)16(21)18-10-13-5-2-3-6-14(13)11-19-8-4-7-15(19)20/h2-3,5-6,12H,4,7-11,17H2,1H3,(H,18,21). The summed E-state index contributed by atoms with van der Waals surface area (Å²) in [4.78, 5) is 25.4. The molecule has 1 saturated heterocycles. The van der Waals surface area contributed by atoms with Gasteiger partial charge in [0.25, 0.3) is 0 Å². The smallest absolute Gasteiger partial charge is 0.224 e. The minimum atomic E-state index is -0.183. The van der Waals surface area contributed by atoms with Gasteiger partial charge in [0.2, 0.25) is 11.8 Å². The normalized spacial score (nSPS) is 16.1. The molecule has 5 nitrogen and oxygen atoms in total. The van der Waals surface area contributed by atoms with Crippen molar-refractivity contribution in [3.63, 3.8) is 0 Å². The van der Waals surface area contributed by atoms with Gasteiger partial charge in [0.15, 0.2) is 0 Å². The fourth-order valence-electron chi connectivity index (χ4n) is 2.42. The number of nitrogens with one attached hydrogen (secondary N) is 1. The summed E-state index contributed by atoms with van der Waals surface area (Å²) in [5.41, 5.74) is 7.63. The molecule has 0 aromatic heterocycles. The van der Waals surface area contributed by atoms with Crippen molar-refractivity contribution in [1.82, 2.24) is 10.2 Å². The zero-order valence-corrected chi connectivity index (χ0v) is 12.5. The Morgan fingerprint density at radius 1 is 1.38 bits per heavy atom. The number of nitrogens with two attached hydrogens (primary N) is 1. The van der Waals surface area contributed by atoms with E-state index in [0.717, 1.165) is 24.1 Å². The summed E-state index contributed by atoms with van der Waals surface area (Å²) in [5.74, 6) is -0.00698. The topological polar surface area (TPSA) is 75.4 Å². The lowest BCUT2D eigenvalue weighted by Crippen LogP contribution is -2.33. The van der Waals surface area contributed by atoms with Gasteiger partial charge in [0.05, 0.1) is 0 Å². The molecule has 0 radical (unpaired) electrons. The Hall–Kier alpha value is -1.88. The fraction of sp³-hybridized carbons (Fsp3) is 0.500. The fourth-order valence-corrected chi connectivity index (χ4v) is 2.42. The SMILES string of the molecule is CC(CN)C(=O)NCc1ccccc1CN1CCCC1=O. The van der Waals surface area contributed by atoms with Crippen LogP contribution in [0.1, 0.15) is 30.9 Å². The van der Waals surface area contributed by atoms with Gasteiger partial charge in [-0.2, -0.15) is 0 Å². The summed E-state index contributed by atoms with van der Waals surface area (Å²) in [6, 6.07) is 7.91. The number of benzene rings is 1. The highest BCUT2D eigenvalue weighted by Gasteiger charge is 2.21. The van der Waals surface area contributed by atoms with E-state index in [1.165, 1.54) is 0 Å². The van der Waals surface area contributed by atoms with Gasteiger partial charge in [-0.05, 0) is 17.5 Å². The van der Waals surface area contributed by atoms with Gasteiger partial charge in [-0.1, -0.05) is 31.2 Å².